The van der Waals surface area contributed by atoms with Gasteiger partial charge in [0.1, 0.15) is 13.6 Å². The average Bonchev–Trinajstić information content (AvgIpc) is 2.16. The molecule has 0 heterocycles. The number of hydrogen-bond acceptors (Lipinski definition) is 1. The molecule has 6 heteroatoms. The molecular formula is C10H11BClF3O. The summed E-state index contributed by atoms with van der Waals surface area (Å²) >= 11 is 5.82. The van der Waals surface area contributed by atoms with Crippen molar-refractivity contribution >= 4 is 24.9 Å². The van der Waals surface area contributed by atoms with E-state index in [9.17, 15) is 13.2 Å². The van der Waals surface area contributed by atoms with Crippen LogP contribution in [0.3, 0.4) is 0 Å². The molecule has 0 saturated heterocycles. The zero-order chi connectivity index (χ0) is 12.2. The molecule has 0 bridgehead atoms. The fourth-order valence-electron chi connectivity index (χ4n) is 1.18. The predicted molar refractivity (Wildman–Crippen MR) is 60.4 cm³/mol. The van der Waals surface area contributed by atoms with Crippen LogP contribution in [0.25, 0.3) is 0 Å². The number of alkyl halides is 3. The monoisotopic (exact) mass is 250 g/mol. The number of halogens is 4. The van der Waals surface area contributed by atoms with E-state index < -0.39 is 12.6 Å². The van der Waals surface area contributed by atoms with Gasteiger partial charge in [-0.1, -0.05) is 23.1 Å². The van der Waals surface area contributed by atoms with Crippen molar-refractivity contribution < 1.29 is 17.9 Å². The van der Waals surface area contributed by atoms with Crippen LogP contribution in [0.1, 0.15) is 12.8 Å². The van der Waals surface area contributed by atoms with Crippen LogP contribution < -0.4 is 10.2 Å². The Hall–Kier alpha value is -0.835. The highest BCUT2D eigenvalue weighted by Gasteiger charge is 2.26. The second kappa shape index (κ2) is 5.48. The second-order valence-corrected chi connectivity index (χ2v) is 3.91. The smallest absolute Gasteiger partial charge is 0.389 e. The van der Waals surface area contributed by atoms with Crippen LogP contribution >= 0.6 is 11.6 Å². The molecule has 0 N–H and O–H groups in total. The highest BCUT2D eigenvalue weighted by molar-refractivity contribution is 6.35. The lowest BCUT2D eigenvalue weighted by atomic mass is 9.96. The molecule has 0 fully saturated rings. The van der Waals surface area contributed by atoms with E-state index in [1.165, 1.54) is 0 Å². The average molecular weight is 250 g/mol. The maximum Gasteiger partial charge on any atom is 0.389 e. The van der Waals surface area contributed by atoms with Crippen LogP contribution in [0, 0.1) is 0 Å². The van der Waals surface area contributed by atoms with E-state index in [0.29, 0.717) is 10.8 Å². The minimum absolute atomic E-state index is 0.0166. The van der Waals surface area contributed by atoms with Crippen molar-refractivity contribution in [2.24, 2.45) is 0 Å². The summed E-state index contributed by atoms with van der Waals surface area (Å²) in [5, 5.41) is 0.414. The first kappa shape index (κ1) is 13.2. The minimum atomic E-state index is -4.13. The first-order chi connectivity index (χ1) is 7.38. The third-order valence-corrected chi connectivity index (χ3v) is 2.26. The largest absolute Gasteiger partial charge is 0.492 e. The second-order valence-electron chi connectivity index (χ2n) is 3.50. The van der Waals surface area contributed by atoms with Gasteiger partial charge in [-0.25, -0.2) is 0 Å². The van der Waals surface area contributed by atoms with Crippen LogP contribution in [0.5, 0.6) is 5.75 Å². The lowest BCUT2D eigenvalue weighted by Gasteiger charge is -2.10. The van der Waals surface area contributed by atoms with Gasteiger partial charge in [0.05, 0.1) is 11.6 Å². The van der Waals surface area contributed by atoms with Crippen molar-refractivity contribution in [1.82, 2.24) is 0 Å². The molecule has 1 rings (SSSR count). The molecule has 0 unspecified atom stereocenters. The van der Waals surface area contributed by atoms with Gasteiger partial charge in [0.2, 0.25) is 0 Å². The maximum atomic E-state index is 11.8. The van der Waals surface area contributed by atoms with Crippen LogP contribution in [0.2, 0.25) is 5.02 Å². The van der Waals surface area contributed by atoms with Gasteiger partial charge in [0, 0.05) is 6.42 Å². The third kappa shape index (κ3) is 4.79. The highest BCUT2D eigenvalue weighted by Crippen LogP contribution is 2.24. The maximum absolute atomic E-state index is 11.8. The van der Waals surface area contributed by atoms with Crippen molar-refractivity contribution in [3.63, 3.8) is 0 Å². The molecule has 16 heavy (non-hydrogen) atoms. The fraction of sp³-hybridized carbons (Fsp3) is 0.400. The summed E-state index contributed by atoms with van der Waals surface area (Å²) < 4.78 is 40.7. The first-order valence-corrected chi connectivity index (χ1v) is 5.22. The molecule has 88 valence electrons. The summed E-state index contributed by atoms with van der Waals surface area (Å²) in [5.41, 5.74) is 0.954. The Morgan fingerprint density at radius 3 is 2.62 bits per heavy atom. The van der Waals surface area contributed by atoms with Gasteiger partial charge in [-0.3, -0.25) is 0 Å². The Labute approximate surface area is 98.0 Å². The van der Waals surface area contributed by atoms with Gasteiger partial charge < -0.3 is 4.74 Å². The van der Waals surface area contributed by atoms with Crippen LogP contribution in [0.15, 0.2) is 18.2 Å². The van der Waals surface area contributed by atoms with Gasteiger partial charge in [-0.05, 0) is 18.6 Å². The van der Waals surface area contributed by atoms with Gasteiger partial charge in [0.25, 0.3) is 0 Å². The molecule has 0 aliphatic carbocycles. The van der Waals surface area contributed by atoms with E-state index in [2.05, 4.69) is 0 Å². The first-order valence-electron chi connectivity index (χ1n) is 4.84. The Morgan fingerprint density at radius 1 is 1.31 bits per heavy atom. The Morgan fingerprint density at radius 2 is 2.00 bits per heavy atom. The molecule has 0 saturated carbocycles. The molecule has 0 spiro atoms. The van der Waals surface area contributed by atoms with Crippen molar-refractivity contribution in [3.8, 4) is 5.75 Å². The van der Waals surface area contributed by atoms with E-state index in [1.54, 1.807) is 12.1 Å². The van der Waals surface area contributed by atoms with E-state index in [4.69, 9.17) is 16.3 Å². The van der Waals surface area contributed by atoms with E-state index >= 15 is 0 Å². The fourth-order valence-corrected chi connectivity index (χ4v) is 1.35. The van der Waals surface area contributed by atoms with Crippen molar-refractivity contribution in [1.29, 1.82) is 0 Å². The molecule has 1 aromatic rings. The molecular weight excluding hydrogens is 239 g/mol. The van der Waals surface area contributed by atoms with Gasteiger partial charge in [-0.15, -0.1) is 0 Å². The zero-order valence-corrected chi connectivity index (χ0v) is 9.53. The van der Waals surface area contributed by atoms with E-state index in [-0.39, 0.29) is 13.0 Å². The molecule has 1 nitrogen and oxygen atoms in total. The van der Waals surface area contributed by atoms with Crippen molar-refractivity contribution in [3.05, 3.63) is 23.2 Å². The number of hydrogen-bond donors (Lipinski definition) is 0. The highest BCUT2D eigenvalue weighted by atomic mass is 35.5. The van der Waals surface area contributed by atoms with Crippen molar-refractivity contribution in [2.45, 2.75) is 19.0 Å². The molecule has 0 aliphatic heterocycles. The molecule has 1 aromatic carbocycles. The Balaban J connectivity index is 2.40. The third-order valence-electron chi connectivity index (χ3n) is 1.95. The quantitative estimate of drug-likeness (QED) is 0.589. The predicted octanol–water partition coefficient (Wildman–Crippen LogP) is 2.32. The summed E-state index contributed by atoms with van der Waals surface area (Å²) in [4.78, 5) is 0. The summed E-state index contributed by atoms with van der Waals surface area (Å²) in [6, 6.07) is 5.18. The lowest BCUT2D eigenvalue weighted by Crippen LogP contribution is -2.10. The zero-order valence-electron chi connectivity index (χ0n) is 8.77. The molecule has 0 aromatic heterocycles. The van der Waals surface area contributed by atoms with Crippen LogP contribution in [0.4, 0.5) is 13.2 Å². The normalized spacial score (nSPS) is 11.5. The summed E-state index contributed by atoms with van der Waals surface area (Å²) in [6.07, 6.45) is -5.02. The molecule has 0 atom stereocenters. The standard InChI is InChI=1S/C10H11BClF3O/c11-7-2-3-8(12)9(6-7)16-5-1-4-10(13,14)15/h2-3,6H,1,4-5,11H2. The van der Waals surface area contributed by atoms with Crippen molar-refractivity contribution in [2.75, 3.05) is 6.61 Å². The van der Waals surface area contributed by atoms with Gasteiger partial charge >= 0.3 is 6.18 Å². The SMILES string of the molecule is Bc1ccc(Cl)c(OCCCC(F)(F)F)c1. The number of benzene rings is 1. The summed E-state index contributed by atoms with van der Waals surface area (Å²) in [5.74, 6) is 0.434. The Kier molecular flexibility index (Phi) is 4.53. The minimum Gasteiger partial charge on any atom is -0.492 e. The molecule has 0 amide bonds. The lowest BCUT2D eigenvalue weighted by molar-refractivity contribution is -0.136. The molecule has 0 radical (unpaired) electrons. The Bertz CT molecular complexity index is 354. The van der Waals surface area contributed by atoms with Gasteiger partial charge in [0.15, 0.2) is 0 Å². The number of ether oxygens (including phenoxy) is 1. The summed E-state index contributed by atoms with van der Waals surface area (Å²) in [7, 11) is 1.86. The van der Waals surface area contributed by atoms with Gasteiger partial charge in [-0.2, -0.15) is 13.2 Å². The van der Waals surface area contributed by atoms with Crippen LogP contribution in [-0.4, -0.2) is 20.6 Å². The topological polar surface area (TPSA) is 9.23 Å². The van der Waals surface area contributed by atoms with Crippen LogP contribution in [-0.2, 0) is 0 Å². The number of rotatable bonds is 4. The summed E-state index contributed by atoms with van der Waals surface area (Å²) in [6.45, 7) is 0.0166. The van der Waals surface area contributed by atoms with E-state index in [0.717, 1.165) is 5.46 Å². The molecule has 0 aliphatic rings. The van der Waals surface area contributed by atoms with E-state index in [1.807, 2.05) is 13.9 Å².